The molecule has 2 unspecified atom stereocenters. The molecule has 4 heteroatoms. The molecule has 0 aliphatic heterocycles. The van der Waals surface area contributed by atoms with Crippen molar-refractivity contribution in [3.63, 3.8) is 0 Å². The molecule has 0 spiro atoms. The molecule has 0 bridgehead atoms. The maximum absolute atomic E-state index is 12.3. The van der Waals surface area contributed by atoms with E-state index in [0.717, 1.165) is 23.1 Å². The van der Waals surface area contributed by atoms with Crippen molar-refractivity contribution in [1.29, 1.82) is 0 Å². The predicted molar refractivity (Wildman–Crippen MR) is 82.9 cm³/mol. The summed E-state index contributed by atoms with van der Waals surface area (Å²) in [6, 6.07) is 12.5. The van der Waals surface area contributed by atoms with E-state index >= 15 is 0 Å². The van der Waals surface area contributed by atoms with Crippen LogP contribution in [0.1, 0.15) is 35.3 Å². The summed E-state index contributed by atoms with van der Waals surface area (Å²) in [5.74, 6) is 0.481. The minimum Gasteiger partial charge on any atom is -0.347 e. The molecule has 1 aliphatic carbocycles. The lowest BCUT2D eigenvalue weighted by Gasteiger charge is -2.07. The lowest BCUT2D eigenvalue weighted by atomic mass is 10.1. The molecule has 1 aromatic carbocycles. The molecule has 3 rings (SSSR count). The van der Waals surface area contributed by atoms with E-state index in [0.29, 0.717) is 5.92 Å². The van der Waals surface area contributed by atoms with E-state index < -0.39 is 0 Å². The highest BCUT2D eigenvalue weighted by Crippen LogP contribution is 2.40. The highest BCUT2D eigenvalue weighted by Gasteiger charge is 2.39. The Hall–Kier alpha value is -1.55. The van der Waals surface area contributed by atoms with Crippen LogP contribution in [-0.2, 0) is 6.54 Å². The SMILES string of the molecule is CCn1cc(Br)cc1C(=O)NC1CC1c1ccccc1. The molecule has 0 saturated heterocycles. The molecule has 20 heavy (non-hydrogen) atoms. The average Bonchev–Trinajstić information content (AvgIpc) is 3.12. The lowest BCUT2D eigenvalue weighted by molar-refractivity contribution is 0.0941. The second kappa shape index (κ2) is 5.44. The summed E-state index contributed by atoms with van der Waals surface area (Å²) >= 11 is 3.42. The van der Waals surface area contributed by atoms with Gasteiger partial charge < -0.3 is 9.88 Å². The first kappa shape index (κ1) is 13.4. The third-order valence-corrected chi connectivity index (χ3v) is 4.20. The number of carbonyl (C=O) groups excluding carboxylic acids is 1. The fourth-order valence-electron chi connectivity index (χ4n) is 2.59. The average molecular weight is 333 g/mol. The number of hydrogen-bond donors (Lipinski definition) is 1. The monoisotopic (exact) mass is 332 g/mol. The van der Waals surface area contributed by atoms with Crippen molar-refractivity contribution in [2.45, 2.75) is 31.8 Å². The summed E-state index contributed by atoms with van der Waals surface area (Å²) in [7, 11) is 0. The van der Waals surface area contributed by atoms with Gasteiger partial charge >= 0.3 is 0 Å². The van der Waals surface area contributed by atoms with Crippen molar-refractivity contribution in [2.24, 2.45) is 0 Å². The van der Waals surface area contributed by atoms with Gasteiger partial charge in [0.15, 0.2) is 0 Å². The summed E-state index contributed by atoms with van der Waals surface area (Å²) < 4.78 is 2.90. The highest BCUT2D eigenvalue weighted by molar-refractivity contribution is 9.10. The van der Waals surface area contributed by atoms with E-state index in [1.54, 1.807) is 0 Å². The summed E-state index contributed by atoms with van der Waals surface area (Å²) in [6.45, 7) is 2.83. The zero-order valence-corrected chi connectivity index (χ0v) is 12.9. The number of nitrogens with zero attached hydrogens (tertiary/aromatic N) is 1. The predicted octanol–water partition coefficient (Wildman–Crippen LogP) is 3.56. The van der Waals surface area contributed by atoms with Crippen LogP contribution in [0.2, 0.25) is 0 Å². The number of benzene rings is 1. The molecule has 1 aliphatic rings. The number of rotatable bonds is 4. The smallest absolute Gasteiger partial charge is 0.268 e. The van der Waals surface area contributed by atoms with Crippen LogP contribution in [-0.4, -0.2) is 16.5 Å². The molecule has 3 nitrogen and oxygen atoms in total. The lowest BCUT2D eigenvalue weighted by Crippen LogP contribution is -2.28. The summed E-state index contributed by atoms with van der Waals surface area (Å²) in [5.41, 5.74) is 2.03. The van der Waals surface area contributed by atoms with Crippen molar-refractivity contribution in [2.75, 3.05) is 0 Å². The van der Waals surface area contributed by atoms with Crippen LogP contribution >= 0.6 is 15.9 Å². The summed E-state index contributed by atoms with van der Waals surface area (Å²) in [4.78, 5) is 12.3. The number of nitrogens with one attached hydrogen (secondary N) is 1. The Morgan fingerprint density at radius 2 is 2.15 bits per heavy atom. The number of carbonyl (C=O) groups is 1. The van der Waals surface area contributed by atoms with Crippen molar-refractivity contribution in [1.82, 2.24) is 9.88 Å². The van der Waals surface area contributed by atoms with E-state index in [9.17, 15) is 4.79 Å². The second-order valence-electron chi connectivity index (χ2n) is 5.16. The van der Waals surface area contributed by atoms with Gasteiger partial charge in [-0.2, -0.15) is 0 Å². The normalized spacial score (nSPS) is 20.7. The van der Waals surface area contributed by atoms with E-state index in [1.807, 2.05) is 42.0 Å². The van der Waals surface area contributed by atoms with Crippen LogP contribution in [0.3, 0.4) is 0 Å². The quantitative estimate of drug-likeness (QED) is 0.912. The van der Waals surface area contributed by atoms with Gasteiger partial charge in [-0.15, -0.1) is 0 Å². The molecule has 1 fully saturated rings. The Kier molecular flexibility index (Phi) is 3.66. The van der Waals surface area contributed by atoms with Gasteiger partial charge in [-0.1, -0.05) is 30.3 Å². The molecule has 1 N–H and O–H groups in total. The highest BCUT2D eigenvalue weighted by atomic mass is 79.9. The number of aryl methyl sites for hydroxylation is 1. The fourth-order valence-corrected chi connectivity index (χ4v) is 3.06. The topological polar surface area (TPSA) is 34.0 Å². The first-order chi connectivity index (χ1) is 9.69. The van der Waals surface area contributed by atoms with Gasteiger partial charge in [0, 0.05) is 29.2 Å². The zero-order valence-electron chi connectivity index (χ0n) is 11.3. The summed E-state index contributed by atoms with van der Waals surface area (Å²) in [6.07, 6.45) is 2.97. The number of aromatic nitrogens is 1. The van der Waals surface area contributed by atoms with Gasteiger partial charge in [-0.25, -0.2) is 0 Å². The van der Waals surface area contributed by atoms with E-state index in [-0.39, 0.29) is 11.9 Å². The van der Waals surface area contributed by atoms with Gasteiger partial charge in [0.05, 0.1) is 0 Å². The largest absolute Gasteiger partial charge is 0.347 e. The first-order valence-corrected chi connectivity index (χ1v) is 7.70. The molecule has 1 amide bonds. The van der Waals surface area contributed by atoms with Crippen molar-refractivity contribution in [3.05, 3.63) is 58.3 Å². The molecule has 0 radical (unpaired) electrons. The number of hydrogen-bond acceptors (Lipinski definition) is 1. The van der Waals surface area contributed by atoms with Crippen LogP contribution in [0.5, 0.6) is 0 Å². The first-order valence-electron chi connectivity index (χ1n) is 6.90. The van der Waals surface area contributed by atoms with Gasteiger partial charge in [0.1, 0.15) is 5.69 Å². The molecular formula is C16H17BrN2O. The van der Waals surface area contributed by atoms with Crippen LogP contribution in [0.15, 0.2) is 47.1 Å². The maximum atomic E-state index is 12.3. The van der Waals surface area contributed by atoms with Crippen molar-refractivity contribution in [3.8, 4) is 0 Å². The molecule has 2 atom stereocenters. The van der Waals surface area contributed by atoms with Gasteiger partial charge in [-0.05, 0) is 40.9 Å². The maximum Gasteiger partial charge on any atom is 0.268 e. The minimum atomic E-state index is 0.0148. The van der Waals surface area contributed by atoms with Crippen molar-refractivity contribution < 1.29 is 4.79 Å². The zero-order chi connectivity index (χ0) is 14.1. The van der Waals surface area contributed by atoms with Crippen LogP contribution < -0.4 is 5.32 Å². The Morgan fingerprint density at radius 1 is 1.40 bits per heavy atom. The Labute approximate surface area is 127 Å². The number of halogens is 1. The van der Waals surface area contributed by atoms with E-state index in [4.69, 9.17) is 0 Å². The third kappa shape index (κ3) is 2.66. The second-order valence-corrected chi connectivity index (χ2v) is 6.08. The number of amides is 1. The van der Waals surface area contributed by atoms with E-state index in [2.05, 4.69) is 33.4 Å². The molecule has 1 heterocycles. The molecule has 1 aromatic heterocycles. The Balaban J connectivity index is 1.66. The molecule has 104 valence electrons. The van der Waals surface area contributed by atoms with Gasteiger partial charge in [0.25, 0.3) is 5.91 Å². The van der Waals surface area contributed by atoms with Gasteiger partial charge in [-0.3, -0.25) is 4.79 Å². The van der Waals surface area contributed by atoms with Crippen molar-refractivity contribution >= 4 is 21.8 Å². The minimum absolute atomic E-state index is 0.0148. The third-order valence-electron chi connectivity index (χ3n) is 3.77. The van der Waals surface area contributed by atoms with Crippen LogP contribution in [0.25, 0.3) is 0 Å². The Bertz CT molecular complexity index is 621. The Morgan fingerprint density at radius 3 is 2.85 bits per heavy atom. The fraction of sp³-hybridized carbons (Fsp3) is 0.312. The van der Waals surface area contributed by atoms with Crippen LogP contribution in [0.4, 0.5) is 0 Å². The van der Waals surface area contributed by atoms with E-state index in [1.165, 1.54) is 5.56 Å². The molecule has 2 aromatic rings. The molecular weight excluding hydrogens is 316 g/mol. The standard InChI is InChI=1S/C16H17BrN2O/c1-2-19-10-12(17)8-15(19)16(20)18-14-9-13(14)11-6-4-3-5-7-11/h3-8,10,13-14H,2,9H2,1H3,(H,18,20). The summed E-state index contributed by atoms with van der Waals surface area (Å²) in [5, 5.41) is 3.13. The van der Waals surface area contributed by atoms with Gasteiger partial charge in [0.2, 0.25) is 0 Å². The molecule has 1 saturated carbocycles. The van der Waals surface area contributed by atoms with Crippen LogP contribution in [0, 0.1) is 0 Å².